The first-order valence-electron chi connectivity index (χ1n) is 7.76. The zero-order valence-corrected chi connectivity index (χ0v) is 20.1. The maximum absolute atomic E-state index is 11.4. The fourth-order valence-electron chi connectivity index (χ4n) is 1.58. The third-order valence-electron chi connectivity index (χ3n) is 2.66. The fourth-order valence-corrected chi connectivity index (χ4v) is 3.58. The van der Waals surface area contributed by atoms with Crippen LogP contribution >= 0.6 is 66.7 Å². The number of hydrogen-bond donors (Lipinski definition) is 2. The highest BCUT2D eigenvalue weighted by Crippen LogP contribution is 2.23. The molecule has 0 aliphatic heterocycles. The molecule has 0 aliphatic rings. The molecule has 0 heterocycles. The number of amides is 1. The van der Waals surface area contributed by atoms with Gasteiger partial charge in [-0.05, 0) is 93.3 Å². The normalized spacial score (nSPS) is 9.33. The van der Waals surface area contributed by atoms with E-state index in [2.05, 4.69) is 37.2 Å². The highest BCUT2D eigenvalue weighted by atomic mass is 79.9. The van der Waals surface area contributed by atoms with E-state index in [4.69, 9.17) is 40.5 Å². The van der Waals surface area contributed by atoms with Gasteiger partial charge in [0.05, 0.1) is 5.56 Å². The monoisotopic (exact) mass is 558 g/mol. The molecule has 2 aromatic carbocycles. The number of nitrogens with one attached hydrogen (secondary N) is 1. The zero-order valence-electron chi connectivity index (χ0n) is 14.7. The topological polar surface area (TPSA) is 72.2 Å². The van der Waals surface area contributed by atoms with E-state index < -0.39 is 5.24 Å². The first-order valence-corrected chi connectivity index (χ1v) is 10.5. The van der Waals surface area contributed by atoms with Gasteiger partial charge >= 0.3 is 0 Å². The van der Waals surface area contributed by atoms with Crippen molar-refractivity contribution < 1.29 is 9.59 Å². The van der Waals surface area contributed by atoms with Crippen molar-refractivity contribution >= 4 is 77.8 Å². The average Bonchev–Trinajstić information content (AvgIpc) is 2.55. The highest BCUT2D eigenvalue weighted by molar-refractivity contribution is 9.10. The Labute approximate surface area is 191 Å². The molecule has 0 saturated heterocycles. The van der Waals surface area contributed by atoms with Gasteiger partial charge in [0.25, 0.3) is 11.1 Å². The van der Waals surface area contributed by atoms with Crippen LogP contribution < -0.4 is 11.1 Å². The molecule has 0 fully saturated rings. The van der Waals surface area contributed by atoms with Crippen LogP contribution in [0.2, 0.25) is 10.0 Å². The second-order valence-electron chi connectivity index (χ2n) is 4.79. The van der Waals surface area contributed by atoms with Crippen molar-refractivity contribution in [1.82, 2.24) is 5.32 Å². The number of carbonyl (C=O) groups is 2. The number of hydrogen-bond acceptors (Lipinski definition) is 3. The van der Waals surface area contributed by atoms with Crippen LogP contribution in [0.4, 0.5) is 0 Å². The van der Waals surface area contributed by atoms with Gasteiger partial charge in [0.1, 0.15) is 0 Å². The molecule has 0 bridgehead atoms. The van der Waals surface area contributed by atoms with E-state index in [0.717, 1.165) is 6.54 Å². The van der Waals surface area contributed by atoms with E-state index in [0.29, 0.717) is 36.7 Å². The van der Waals surface area contributed by atoms with E-state index in [1.54, 1.807) is 36.4 Å². The maximum Gasteiger partial charge on any atom is 0.253 e. The quantitative estimate of drug-likeness (QED) is 0.432. The molecule has 2 aromatic rings. The van der Waals surface area contributed by atoms with E-state index >= 15 is 0 Å². The highest BCUT2D eigenvalue weighted by Gasteiger charge is 2.08. The third-order valence-corrected chi connectivity index (χ3v) is 4.64. The summed E-state index contributed by atoms with van der Waals surface area (Å²) in [7, 11) is 0. The number of halogens is 5. The summed E-state index contributed by atoms with van der Waals surface area (Å²) in [5, 5.41) is 3.40. The Kier molecular flexibility index (Phi) is 14.0. The first kappa shape index (κ1) is 26.4. The minimum absolute atomic E-state index is 0.0916. The molecule has 3 N–H and O–H groups in total. The maximum atomic E-state index is 11.4. The first-order chi connectivity index (χ1) is 12.7. The van der Waals surface area contributed by atoms with Crippen molar-refractivity contribution in [2.24, 2.45) is 5.73 Å². The summed E-state index contributed by atoms with van der Waals surface area (Å²) in [6.07, 6.45) is 0. The predicted octanol–water partition coefficient (Wildman–Crippen LogP) is 6.30. The van der Waals surface area contributed by atoms with Gasteiger partial charge in [0.2, 0.25) is 0 Å². The minimum atomic E-state index is -0.492. The van der Waals surface area contributed by atoms with E-state index in [9.17, 15) is 9.59 Å². The Morgan fingerprint density at radius 3 is 1.70 bits per heavy atom. The second kappa shape index (κ2) is 14.4. The van der Waals surface area contributed by atoms with Crippen LogP contribution in [0.15, 0.2) is 45.3 Å². The summed E-state index contributed by atoms with van der Waals surface area (Å²) < 4.78 is 1.33. The SMILES string of the molecule is CCN.CCNC(=O)c1ccc(Cl)cc1Br.O=C(Cl)c1ccc(Cl)cc1Br. The summed E-state index contributed by atoms with van der Waals surface area (Å²) >= 11 is 23.1. The van der Waals surface area contributed by atoms with E-state index in [1.807, 2.05) is 13.8 Å². The van der Waals surface area contributed by atoms with Crippen LogP contribution in [0.25, 0.3) is 0 Å². The number of rotatable bonds is 3. The van der Waals surface area contributed by atoms with Crippen LogP contribution in [0.1, 0.15) is 34.6 Å². The van der Waals surface area contributed by atoms with Crippen molar-refractivity contribution in [2.45, 2.75) is 13.8 Å². The molecule has 0 radical (unpaired) electrons. The molecule has 0 saturated carbocycles. The standard InChI is InChI=1S/C9H9BrClNO.C7H3BrCl2O.C2H7N/c1-2-12-9(13)7-4-3-6(11)5-8(7)10;8-6-3-4(9)1-2-5(6)7(10)11;1-2-3/h3-5H,2H2,1H3,(H,12,13);1-3H;2-3H2,1H3. The third kappa shape index (κ3) is 10.5. The lowest BCUT2D eigenvalue weighted by atomic mass is 10.2. The van der Waals surface area contributed by atoms with Gasteiger partial charge in [-0.1, -0.05) is 30.1 Å². The van der Waals surface area contributed by atoms with E-state index in [-0.39, 0.29) is 5.91 Å². The Bertz CT molecular complexity index is 774. The molecular formula is C18H19Br2Cl3N2O2. The van der Waals surface area contributed by atoms with Gasteiger partial charge < -0.3 is 11.1 Å². The van der Waals surface area contributed by atoms with Crippen LogP contribution in [0.3, 0.4) is 0 Å². The minimum Gasteiger partial charge on any atom is -0.352 e. The second-order valence-corrected chi connectivity index (χ2v) is 7.71. The summed E-state index contributed by atoms with van der Waals surface area (Å²) in [4.78, 5) is 22.1. The molecular weight excluding hydrogens is 542 g/mol. The Morgan fingerprint density at radius 1 is 0.963 bits per heavy atom. The van der Waals surface area contributed by atoms with Crippen molar-refractivity contribution in [3.8, 4) is 0 Å². The summed E-state index contributed by atoms with van der Waals surface area (Å²) in [6.45, 7) is 5.15. The van der Waals surface area contributed by atoms with Crippen molar-refractivity contribution in [3.05, 3.63) is 66.5 Å². The molecule has 1 amide bonds. The number of benzene rings is 2. The molecule has 0 spiro atoms. The zero-order chi connectivity index (χ0) is 21.0. The lowest BCUT2D eigenvalue weighted by Gasteiger charge is -2.04. The van der Waals surface area contributed by atoms with Crippen LogP contribution in [-0.4, -0.2) is 24.2 Å². The van der Waals surface area contributed by atoms with Gasteiger partial charge in [-0.3, -0.25) is 9.59 Å². The van der Waals surface area contributed by atoms with Crippen LogP contribution in [0.5, 0.6) is 0 Å². The van der Waals surface area contributed by atoms with Crippen LogP contribution in [0, 0.1) is 0 Å². The molecule has 9 heteroatoms. The Balaban J connectivity index is 0.000000442. The van der Waals surface area contributed by atoms with Gasteiger partial charge in [-0.25, -0.2) is 0 Å². The number of carbonyl (C=O) groups excluding carboxylic acids is 2. The molecule has 0 atom stereocenters. The molecule has 148 valence electrons. The van der Waals surface area contributed by atoms with Crippen molar-refractivity contribution in [1.29, 1.82) is 0 Å². The fraction of sp³-hybridized carbons (Fsp3) is 0.222. The van der Waals surface area contributed by atoms with Crippen molar-refractivity contribution in [3.63, 3.8) is 0 Å². The number of nitrogens with two attached hydrogens (primary N) is 1. The smallest absolute Gasteiger partial charge is 0.253 e. The van der Waals surface area contributed by atoms with Gasteiger partial charge in [0, 0.05) is 31.1 Å². The molecule has 0 aromatic heterocycles. The van der Waals surface area contributed by atoms with E-state index in [1.165, 1.54) is 0 Å². The summed E-state index contributed by atoms with van der Waals surface area (Å²) in [6, 6.07) is 9.89. The van der Waals surface area contributed by atoms with Gasteiger partial charge in [-0.2, -0.15) is 0 Å². The summed E-state index contributed by atoms with van der Waals surface area (Å²) in [5.41, 5.74) is 5.88. The lowest BCUT2D eigenvalue weighted by Crippen LogP contribution is -2.22. The molecule has 2 rings (SSSR count). The molecule has 0 unspecified atom stereocenters. The van der Waals surface area contributed by atoms with Crippen molar-refractivity contribution in [2.75, 3.05) is 13.1 Å². The average molecular weight is 562 g/mol. The molecule has 4 nitrogen and oxygen atoms in total. The lowest BCUT2D eigenvalue weighted by molar-refractivity contribution is 0.0954. The largest absolute Gasteiger partial charge is 0.352 e. The summed E-state index contributed by atoms with van der Waals surface area (Å²) in [5.74, 6) is -0.0916. The molecule has 0 aliphatic carbocycles. The van der Waals surface area contributed by atoms with Gasteiger partial charge in [0.15, 0.2) is 0 Å². The van der Waals surface area contributed by atoms with Gasteiger partial charge in [-0.15, -0.1) is 0 Å². The predicted molar refractivity (Wildman–Crippen MR) is 121 cm³/mol. The Hall–Kier alpha value is -0.630. The van der Waals surface area contributed by atoms with Crippen LogP contribution in [-0.2, 0) is 0 Å². The molecule has 27 heavy (non-hydrogen) atoms. The Morgan fingerprint density at radius 2 is 1.37 bits per heavy atom.